The summed E-state index contributed by atoms with van der Waals surface area (Å²) in [6.07, 6.45) is 0. The average Bonchev–Trinajstić information content (AvgIpc) is 3.73. The van der Waals surface area contributed by atoms with E-state index in [0.29, 0.717) is 0 Å². The van der Waals surface area contributed by atoms with E-state index in [1.54, 1.807) is 0 Å². The van der Waals surface area contributed by atoms with Crippen LogP contribution >= 0.6 is 0 Å². The second kappa shape index (κ2) is 10.3. The first-order valence-corrected chi connectivity index (χ1v) is 17.6. The standard InChI is InChI=1S/C48H37NO/c1-47(2)39-22-9-5-15-31(39)33-28-27-30(29-41(33)47)49(43-25-14-21-38-35-18-8-12-26-44(35)50-46(38)43)42-24-11-7-17-34(42)37-20-13-19-36-32-16-6-10-23-40(32)48(3,4)45(36)37/h5-29H,1-4H3. The van der Waals surface area contributed by atoms with Gasteiger partial charge in [-0.2, -0.15) is 0 Å². The fourth-order valence-corrected chi connectivity index (χ4v) is 9.12. The molecule has 2 nitrogen and oxygen atoms in total. The molecule has 0 radical (unpaired) electrons. The molecule has 50 heavy (non-hydrogen) atoms. The first-order valence-electron chi connectivity index (χ1n) is 17.6. The van der Waals surface area contributed by atoms with Crippen LogP contribution in [0.5, 0.6) is 0 Å². The zero-order valence-electron chi connectivity index (χ0n) is 28.8. The molecule has 2 aliphatic carbocycles. The van der Waals surface area contributed by atoms with Crippen LogP contribution in [0.25, 0.3) is 55.3 Å². The molecule has 0 aliphatic heterocycles. The van der Waals surface area contributed by atoms with Crippen LogP contribution in [0.4, 0.5) is 17.1 Å². The Morgan fingerprint density at radius 2 is 0.960 bits per heavy atom. The highest BCUT2D eigenvalue weighted by molar-refractivity contribution is 6.11. The Balaban J connectivity index is 1.26. The minimum Gasteiger partial charge on any atom is -0.454 e. The number of hydrogen-bond donors (Lipinski definition) is 0. The molecule has 0 fully saturated rings. The number of furan rings is 1. The molecule has 2 heteroatoms. The third kappa shape index (κ3) is 3.91. The van der Waals surface area contributed by atoms with Gasteiger partial charge in [0.25, 0.3) is 0 Å². The van der Waals surface area contributed by atoms with Gasteiger partial charge in [0.2, 0.25) is 0 Å². The highest BCUT2D eigenvalue weighted by atomic mass is 16.3. The van der Waals surface area contributed by atoms with E-state index in [9.17, 15) is 0 Å². The minimum atomic E-state index is -0.150. The molecule has 0 N–H and O–H groups in total. The molecule has 10 rings (SSSR count). The van der Waals surface area contributed by atoms with Crippen LogP contribution in [0, 0.1) is 0 Å². The maximum absolute atomic E-state index is 6.75. The quantitative estimate of drug-likeness (QED) is 0.190. The molecule has 0 bridgehead atoms. The molecule has 1 aromatic heterocycles. The van der Waals surface area contributed by atoms with Crippen molar-refractivity contribution in [1.82, 2.24) is 0 Å². The fraction of sp³-hybridized carbons (Fsp3) is 0.125. The third-order valence-electron chi connectivity index (χ3n) is 11.5. The van der Waals surface area contributed by atoms with Crippen LogP contribution in [0.1, 0.15) is 49.9 Å². The minimum absolute atomic E-state index is 0.130. The molecule has 0 spiro atoms. The van der Waals surface area contributed by atoms with E-state index in [1.165, 1.54) is 55.6 Å². The van der Waals surface area contributed by atoms with Gasteiger partial charge in [-0.3, -0.25) is 0 Å². The van der Waals surface area contributed by atoms with Crippen LogP contribution in [-0.2, 0) is 10.8 Å². The average molecular weight is 644 g/mol. The van der Waals surface area contributed by atoms with E-state index >= 15 is 0 Å². The van der Waals surface area contributed by atoms with E-state index in [-0.39, 0.29) is 10.8 Å². The SMILES string of the molecule is CC1(C)c2ccccc2-c2ccc(N(c3ccccc3-c3cccc4c3C(C)(C)c3ccccc3-4)c3cccc4c3oc3ccccc34)cc21. The Kier molecular flexibility index (Phi) is 6.01. The lowest BCUT2D eigenvalue weighted by Crippen LogP contribution is -2.18. The van der Waals surface area contributed by atoms with Gasteiger partial charge in [-0.15, -0.1) is 0 Å². The van der Waals surface area contributed by atoms with Crippen molar-refractivity contribution in [2.75, 3.05) is 4.90 Å². The monoisotopic (exact) mass is 643 g/mol. The Bertz CT molecular complexity index is 2670. The third-order valence-corrected chi connectivity index (χ3v) is 11.5. The summed E-state index contributed by atoms with van der Waals surface area (Å²) in [5.74, 6) is 0. The summed E-state index contributed by atoms with van der Waals surface area (Å²) in [7, 11) is 0. The van der Waals surface area contributed by atoms with Crippen LogP contribution in [0.3, 0.4) is 0 Å². The fourth-order valence-electron chi connectivity index (χ4n) is 9.12. The highest BCUT2D eigenvalue weighted by Gasteiger charge is 2.39. The van der Waals surface area contributed by atoms with Gasteiger partial charge in [-0.1, -0.05) is 149 Å². The van der Waals surface area contributed by atoms with Gasteiger partial charge in [0.15, 0.2) is 5.58 Å². The number of para-hydroxylation sites is 3. The van der Waals surface area contributed by atoms with Gasteiger partial charge in [-0.05, 0) is 80.4 Å². The largest absolute Gasteiger partial charge is 0.454 e. The lowest BCUT2D eigenvalue weighted by Gasteiger charge is -2.31. The second-order valence-corrected chi connectivity index (χ2v) is 14.9. The smallest absolute Gasteiger partial charge is 0.159 e. The summed E-state index contributed by atoms with van der Waals surface area (Å²) in [5, 5.41) is 2.25. The summed E-state index contributed by atoms with van der Waals surface area (Å²) < 4.78 is 6.75. The zero-order valence-corrected chi connectivity index (χ0v) is 28.8. The maximum Gasteiger partial charge on any atom is 0.159 e. The summed E-state index contributed by atoms with van der Waals surface area (Å²) in [6.45, 7) is 9.45. The van der Waals surface area contributed by atoms with Crippen molar-refractivity contribution in [3.05, 3.63) is 174 Å². The van der Waals surface area contributed by atoms with Gasteiger partial charge in [-0.25, -0.2) is 0 Å². The molecular weight excluding hydrogens is 607 g/mol. The van der Waals surface area contributed by atoms with Crippen molar-refractivity contribution in [2.45, 2.75) is 38.5 Å². The predicted octanol–water partition coefficient (Wildman–Crippen LogP) is 13.3. The molecule has 0 unspecified atom stereocenters. The van der Waals surface area contributed by atoms with Crippen molar-refractivity contribution >= 4 is 39.0 Å². The van der Waals surface area contributed by atoms with Gasteiger partial charge >= 0.3 is 0 Å². The highest BCUT2D eigenvalue weighted by Crippen LogP contribution is 2.55. The molecule has 0 saturated heterocycles. The molecule has 7 aromatic carbocycles. The number of rotatable bonds is 4. The van der Waals surface area contributed by atoms with Crippen LogP contribution in [-0.4, -0.2) is 0 Å². The van der Waals surface area contributed by atoms with E-state index in [4.69, 9.17) is 4.42 Å². The Labute approximate surface area is 293 Å². The Hall–Kier alpha value is -5.86. The van der Waals surface area contributed by atoms with Gasteiger partial charge in [0, 0.05) is 32.9 Å². The van der Waals surface area contributed by atoms with Crippen molar-refractivity contribution in [3.8, 4) is 33.4 Å². The van der Waals surface area contributed by atoms with Crippen LogP contribution in [0.2, 0.25) is 0 Å². The number of hydrogen-bond acceptors (Lipinski definition) is 2. The zero-order chi connectivity index (χ0) is 33.8. The summed E-state index contributed by atoms with van der Waals surface area (Å²) in [4.78, 5) is 2.44. The molecule has 8 aromatic rings. The topological polar surface area (TPSA) is 16.4 Å². The van der Waals surface area contributed by atoms with Gasteiger partial charge in [0.1, 0.15) is 5.58 Å². The van der Waals surface area contributed by atoms with Crippen molar-refractivity contribution in [1.29, 1.82) is 0 Å². The van der Waals surface area contributed by atoms with Crippen LogP contribution in [0.15, 0.2) is 156 Å². The Morgan fingerprint density at radius 3 is 1.76 bits per heavy atom. The van der Waals surface area contributed by atoms with E-state index in [2.05, 4.69) is 178 Å². The summed E-state index contributed by atoms with van der Waals surface area (Å²) in [5.41, 5.74) is 18.0. The normalized spacial score (nSPS) is 14.7. The molecule has 240 valence electrons. The molecule has 1 heterocycles. The lowest BCUT2D eigenvalue weighted by molar-refractivity contribution is 0.660. The first-order chi connectivity index (χ1) is 24.3. The predicted molar refractivity (Wildman–Crippen MR) is 209 cm³/mol. The van der Waals surface area contributed by atoms with E-state index < -0.39 is 0 Å². The Morgan fingerprint density at radius 1 is 0.420 bits per heavy atom. The number of benzene rings is 7. The molecule has 0 atom stereocenters. The van der Waals surface area contributed by atoms with Gasteiger partial charge < -0.3 is 9.32 Å². The van der Waals surface area contributed by atoms with E-state index in [0.717, 1.165) is 39.0 Å². The van der Waals surface area contributed by atoms with Crippen molar-refractivity contribution in [2.24, 2.45) is 0 Å². The molecule has 0 saturated carbocycles. The first kappa shape index (κ1) is 29.1. The van der Waals surface area contributed by atoms with Crippen LogP contribution < -0.4 is 4.90 Å². The number of nitrogens with zero attached hydrogens (tertiary/aromatic N) is 1. The molecular formula is C48H37NO. The number of anilines is 3. The van der Waals surface area contributed by atoms with E-state index in [1.807, 2.05) is 6.07 Å². The molecule has 2 aliphatic rings. The maximum atomic E-state index is 6.75. The lowest BCUT2D eigenvalue weighted by atomic mass is 9.78. The van der Waals surface area contributed by atoms with Gasteiger partial charge in [0.05, 0.1) is 11.4 Å². The molecule has 0 amide bonds. The summed E-state index contributed by atoms with van der Waals surface area (Å²) in [6, 6.07) is 55.5. The van der Waals surface area contributed by atoms with Crippen molar-refractivity contribution < 1.29 is 4.42 Å². The van der Waals surface area contributed by atoms with Crippen molar-refractivity contribution in [3.63, 3.8) is 0 Å². The summed E-state index contributed by atoms with van der Waals surface area (Å²) >= 11 is 0. The second-order valence-electron chi connectivity index (χ2n) is 14.9. The number of fused-ring (bicyclic) bond motifs is 9.